The molecule has 0 bridgehead atoms. The fourth-order valence-corrected chi connectivity index (χ4v) is 1.43. The van der Waals surface area contributed by atoms with Crippen LogP contribution in [0.15, 0.2) is 30.6 Å². The van der Waals surface area contributed by atoms with Gasteiger partial charge in [-0.1, -0.05) is 17.7 Å². The molecule has 88 valence electrons. The van der Waals surface area contributed by atoms with E-state index in [1.54, 1.807) is 12.1 Å². The Bertz CT molecular complexity index is 533. The number of ether oxygens (including phenoxy) is 1. The van der Waals surface area contributed by atoms with Crippen LogP contribution in [0, 0.1) is 6.92 Å². The number of anilines is 1. The smallest absolute Gasteiger partial charge is 0.224 e. The van der Waals surface area contributed by atoms with E-state index in [1.165, 1.54) is 6.33 Å². The second-order valence-electron chi connectivity index (χ2n) is 3.42. The quantitative estimate of drug-likeness (QED) is 0.647. The molecule has 0 amide bonds. The summed E-state index contributed by atoms with van der Waals surface area (Å²) in [5, 5.41) is 0.525. The van der Waals surface area contributed by atoms with Gasteiger partial charge in [-0.05, 0) is 24.6 Å². The van der Waals surface area contributed by atoms with Crippen LogP contribution in [0.2, 0.25) is 5.02 Å². The predicted octanol–water partition coefficient (Wildman–Crippen LogP) is 2.52. The molecule has 0 radical (unpaired) electrons. The van der Waals surface area contributed by atoms with E-state index < -0.39 is 0 Å². The van der Waals surface area contributed by atoms with Crippen molar-refractivity contribution >= 4 is 17.4 Å². The third-order valence-corrected chi connectivity index (χ3v) is 2.40. The molecule has 0 saturated carbocycles. The largest absolute Gasteiger partial charge is 0.437 e. The van der Waals surface area contributed by atoms with Crippen molar-refractivity contribution in [3.63, 3.8) is 0 Å². The minimum Gasteiger partial charge on any atom is -0.437 e. The van der Waals surface area contributed by atoms with Crippen LogP contribution in [-0.2, 0) is 0 Å². The number of hydrogen-bond donors (Lipinski definition) is 2. The third-order valence-electron chi connectivity index (χ3n) is 2.09. The fraction of sp³-hybridized carbons (Fsp3) is 0.0909. The average Bonchev–Trinajstić information content (AvgIpc) is 2.34. The normalized spacial score (nSPS) is 10.1. The second-order valence-corrected chi connectivity index (χ2v) is 3.83. The van der Waals surface area contributed by atoms with Crippen molar-refractivity contribution in [2.45, 2.75) is 6.92 Å². The molecule has 1 heterocycles. The van der Waals surface area contributed by atoms with Gasteiger partial charge in [0.15, 0.2) is 0 Å². The summed E-state index contributed by atoms with van der Waals surface area (Å²) in [6, 6.07) is 7.09. The number of nitrogen functional groups attached to an aromatic ring is 1. The Balaban J connectivity index is 2.27. The Morgan fingerprint density at radius 1 is 1.29 bits per heavy atom. The van der Waals surface area contributed by atoms with Gasteiger partial charge < -0.3 is 10.2 Å². The topological polar surface area (TPSA) is 73.1 Å². The molecule has 0 unspecified atom stereocenters. The molecule has 0 aliphatic carbocycles. The summed E-state index contributed by atoms with van der Waals surface area (Å²) in [6.07, 6.45) is 1.36. The zero-order valence-electron chi connectivity index (χ0n) is 9.14. The van der Waals surface area contributed by atoms with Gasteiger partial charge in [0.2, 0.25) is 5.88 Å². The first-order valence-corrected chi connectivity index (χ1v) is 5.29. The number of nitrogens with zero attached hydrogens (tertiary/aromatic N) is 2. The SMILES string of the molecule is Cc1ccc(Cl)c(Oc2cc(NN)ncn2)c1. The summed E-state index contributed by atoms with van der Waals surface area (Å²) in [5.74, 6) is 6.64. The molecule has 0 spiro atoms. The maximum absolute atomic E-state index is 6.01. The molecule has 2 rings (SSSR count). The Labute approximate surface area is 104 Å². The van der Waals surface area contributed by atoms with Gasteiger partial charge in [-0.15, -0.1) is 0 Å². The van der Waals surface area contributed by atoms with E-state index in [9.17, 15) is 0 Å². The van der Waals surface area contributed by atoms with Crippen molar-refractivity contribution in [1.29, 1.82) is 0 Å². The van der Waals surface area contributed by atoms with Crippen LogP contribution in [0.25, 0.3) is 0 Å². The number of rotatable bonds is 3. The predicted molar refractivity (Wildman–Crippen MR) is 66.1 cm³/mol. The molecule has 0 fully saturated rings. The number of aryl methyl sites for hydroxylation is 1. The molecule has 6 heteroatoms. The summed E-state index contributed by atoms with van der Waals surface area (Å²) in [7, 11) is 0. The molecule has 0 aliphatic heterocycles. The first-order chi connectivity index (χ1) is 8.19. The zero-order chi connectivity index (χ0) is 12.3. The van der Waals surface area contributed by atoms with Gasteiger partial charge >= 0.3 is 0 Å². The molecular formula is C11H11ClN4O. The minimum atomic E-state index is 0.375. The Kier molecular flexibility index (Phi) is 3.41. The van der Waals surface area contributed by atoms with Crippen molar-refractivity contribution < 1.29 is 4.74 Å². The number of nitrogens with two attached hydrogens (primary N) is 1. The highest BCUT2D eigenvalue weighted by Crippen LogP contribution is 2.29. The highest BCUT2D eigenvalue weighted by molar-refractivity contribution is 6.32. The minimum absolute atomic E-state index is 0.375. The van der Waals surface area contributed by atoms with E-state index in [-0.39, 0.29) is 0 Å². The Hall–Kier alpha value is -1.85. The third kappa shape index (κ3) is 2.83. The van der Waals surface area contributed by atoms with Crippen molar-refractivity contribution in [1.82, 2.24) is 9.97 Å². The van der Waals surface area contributed by atoms with Gasteiger partial charge in [-0.2, -0.15) is 0 Å². The lowest BCUT2D eigenvalue weighted by molar-refractivity contribution is 0.461. The van der Waals surface area contributed by atoms with Crippen LogP contribution in [0.3, 0.4) is 0 Å². The van der Waals surface area contributed by atoms with Gasteiger partial charge in [-0.25, -0.2) is 15.8 Å². The molecule has 1 aromatic carbocycles. The van der Waals surface area contributed by atoms with Gasteiger partial charge in [0.25, 0.3) is 0 Å². The molecule has 0 atom stereocenters. The Morgan fingerprint density at radius 3 is 2.88 bits per heavy atom. The van der Waals surface area contributed by atoms with E-state index in [1.807, 2.05) is 19.1 Å². The lowest BCUT2D eigenvalue weighted by Gasteiger charge is -2.08. The molecule has 0 saturated heterocycles. The van der Waals surface area contributed by atoms with E-state index in [0.29, 0.717) is 22.5 Å². The summed E-state index contributed by atoms with van der Waals surface area (Å²) < 4.78 is 5.55. The summed E-state index contributed by atoms with van der Waals surface area (Å²) in [5.41, 5.74) is 3.47. The number of hydrogen-bond acceptors (Lipinski definition) is 5. The van der Waals surface area contributed by atoms with E-state index >= 15 is 0 Å². The number of nitrogens with one attached hydrogen (secondary N) is 1. The molecular weight excluding hydrogens is 240 g/mol. The van der Waals surface area contributed by atoms with Crippen LogP contribution in [0.1, 0.15) is 5.56 Å². The number of benzene rings is 1. The monoisotopic (exact) mass is 250 g/mol. The maximum Gasteiger partial charge on any atom is 0.224 e. The van der Waals surface area contributed by atoms with Gasteiger partial charge in [0.05, 0.1) is 5.02 Å². The van der Waals surface area contributed by atoms with Gasteiger partial charge in [0.1, 0.15) is 17.9 Å². The van der Waals surface area contributed by atoms with E-state index in [0.717, 1.165) is 5.56 Å². The van der Waals surface area contributed by atoms with Crippen molar-refractivity contribution in [2.75, 3.05) is 5.43 Å². The first kappa shape index (κ1) is 11.6. The van der Waals surface area contributed by atoms with E-state index in [2.05, 4.69) is 15.4 Å². The highest BCUT2D eigenvalue weighted by atomic mass is 35.5. The van der Waals surface area contributed by atoms with Crippen molar-refractivity contribution in [3.05, 3.63) is 41.2 Å². The number of halogens is 1. The van der Waals surface area contributed by atoms with Crippen LogP contribution in [-0.4, -0.2) is 9.97 Å². The number of aromatic nitrogens is 2. The van der Waals surface area contributed by atoms with Crippen molar-refractivity contribution in [2.24, 2.45) is 5.84 Å². The molecule has 2 aromatic rings. The standard InChI is InChI=1S/C11H11ClN4O/c1-7-2-3-8(12)9(4-7)17-11-5-10(16-13)14-6-15-11/h2-6H,13H2,1H3,(H,14,15,16). The second kappa shape index (κ2) is 4.99. The van der Waals surface area contributed by atoms with Crippen LogP contribution < -0.4 is 16.0 Å². The molecule has 3 N–H and O–H groups in total. The van der Waals surface area contributed by atoms with Crippen LogP contribution in [0.5, 0.6) is 11.6 Å². The van der Waals surface area contributed by atoms with Crippen molar-refractivity contribution in [3.8, 4) is 11.6 Å². The molecule has 5 nitrogen and oxygen atoms in total. The number of hydrazine groups is 1. The average molecular weight is 251 g/mol. The molecule has 17 heavy (non-hydrogen) atoms. The lowest BCUT2D eigenvalue weighted by atomic mass is 10.2. The fourth-order valence-electron chi connectivity index (χ4n) is 1.28. The van der Waals surface area contributed by atoms with Crippen LogP contribution in [0.4, 0.5) is 5.82 Å². The zero-order valence-corrected chi connectivity index (χ0v) is 9.90. The molecule has 0 aliphatic rings. The Morgan fingerprint density at radius 2 is 2.12 bits per heavy atom. The lowest BCUT2D eigenvalue weighted by Crippen LogP contribution is -2.08. The summed E-state index contributed by atoms with van der Waals surface area (Å²) in [4.78, 5) is 7.85. The van der Waals surface area contributed by atoms with Crippen LogP contribution >= 0.6 is 11.6 Å². The maximum atomic E-state index is 6.01. The van der Waals surface area contributed by atoms with E-state index in [4.69, 9.17) is 22.2 Å². The first-order valence-electron chi connectivity index (χ1n) is 4.91. The van der Waals surface area contributed by atoms with Gasteiger partial charge in [0, 0.05) is 6.07 Å². The molecule has 1 aromatic heterocycles. The summed E-state index contributed by atoms with van der Waals surface area (Å²) >= 11 is 6.01. The summed E-state index contributed by atoms with van der Waals surface area (Å²) in [6.45, 7) is 1.95. The van der Waals surface area contributed by atoms with Gasteiger partial charge in [-0.3, -0.25) is 0 Å². The highest BCUT2D eigenvalue weighted by Gasteiger charge is 2.05.